The predicted octanol–water partition coefficient (Wildman–Crippen LogP) is 8.16. The third-order valence-electron chi connectivity index (χ3n) is 7.44. The molecular formula is C26H44P2. The van der Waals surface area contributed by atoms with E-state index in [0.29, 0.717) is 20.6 Å². The molecule has 0 unspecified atom stereocenters. The average Bonchev–Trinajstić information content (AvgIpc) is 2.74. The number of rotatable bonds is 2. The van der Waals surface area contributed by atoms with Gasteiger partial charge in [-0.25, -0.2) is 0 Å². The highest BCUT2D eigenvalue weighted by Gasteiger charge is 2.48. The lowest BCUT2D eigenvalue weighted by atomic mass is 10.0. The molecule has 1 aromatic rings. The summed E-state index contributed by atoms with van der Waals surface area (Å²) >= 11 is 0. The summed E-state index contributed by atoms with van der Waals surface area (Å²) in [5.41, 5.74) is 0. The van der Waals surface area contributed by atoms with Gasteiger partial charge >= 0.3 is 0 Å². The van der Waals surface area contributed by atoms with Gasteiger partial charge in [0.25, 0.3) is 0 Å². The van der Waals surface area contributed by atoms with Crippen LogP contribution in [0.4, 0.5) is 0 Å². The molecule has 0 N–H and O–H groups in total. The van der Waals surface area contributed by atoms with E-state index in [-0.39, 0.29) is 15.8 Å². The Morgan fingerprint density at radius 2 is 0.750 bits per heavy atom. The molecule has 1 aromatic carbocycles. The van der Waals surface area contributed by atoms with Gasteiger partial charge in [-0.3, -0.25) is 0 Å². The van der Waals surface area contributed by atoms with Crippen molar-refractivity contribution in [3.8, 4) is 0 Å². The molecule has 28 heavy (non-hydrogen) atoms. The Morgan fingerprint density at radius 1 is 0.500 bits per heavy atom. The number of benzene rings is 1. The van der Waals surface area contributed by atoms with Crippen LogP contribution in [-0.2, 0) is 0 Å². The largest absolute Gasteiger partial charge is 0.0630 e. The fourth-order valence-electron chi connectivity index (χ4n) is 6.46. The van der Waals surface area contributed by atoms with Crippen molar-refractivity contribution < 1.29 is 0 Å². The zero-order valence-electron chi connectivity index (χ0n) is 19.9. The topological polar surface area (TPSA) is 0 Å². The Balaban J connectivity index is 2.20. The molecule has 0 bridgehead atoms. The SMILES string of the molecule is CC1(C)CCCCC(C)(C)P1c1ccccc1P1C(C)(C)CCCCC1(C)C. The molecule has 2 heterocycles. The Morgan fingerprint density at radius 3 is 1.00 bits per heavy atom. The second-order valence-corrected chi connectivity index (χ2v) is 19.0. The molecule has 0 radical (unpaired) electrons. The summed E-state index contributed by atoms with van der Waals surface area (Å²) in [6.07, 6.45) is 11.2. The standard InChI is InChI=1S/C26H44P2/c1-23(2)17-11-12-18-24(3,4)27(23)21-15-9-10-16-22(21)28-25(5,6)19-13-14-20-26(28,7)8/h9-10,15-16H,11-14,17-20H2,1-8H3. The minimum Gasteiger partial charge on any atom is -0.0630 e. The molecular weight excluding hydrogens is 374 g/mol. The van der Waals surface area contributed by atoms with E-state index >= 15 is 0 Å². The fraction of sp³-hybridized carbons (Fsp3) is 0.769. The van der Waals surface area contributed by atoms with Gasteiger partial charge in [-0.1, -0.05) is 121 Å². The average molecular weight is 419 g/mol. The zero-order chi connectivity index (χ0) is 20.8. The Hall–Kier alpha value is 0.0800. The summed E-state index contributed by atoms with van der Waals surface area (Å²) < 4.78 is 0. The maximum absolute atomic E-state index is 2.58. The monoisotopic (exact) mass is 418 g/mol. The van der Waals surface area contributed by atoms with E-state index in [0.717, 1.165) is 0 Å². The Labute approximate surface area is 178 Å². The van der Waals surface area contributed by atoms with E-state index in [1.807, 2.05) is 0 Å². The van der Waals surface area contributed by atoms with Crippen LogP contribution in [0, 0.1) is 0 Å². The molecule has 158 valence electrons. The Kier molecular flexibility index (Phi) is 6.48. The highest BCUT2D eigenvalue weighted by molar-refractivity contribution is 7.74. The van der Waals surface area contributed by atoms with Gasteiger partial charge in [0.05, 0.1) is 0 Å². The molecule has 2 aliphatic heterocycles. The quantitative estimate of drug-likeness (QED) is 0.425. The van der Waals surface area contributed by atoms with Gasteiger partial charge in [-0.2, -0.15) is 0 Å². The van der Waals surface area contributed by atoms with Gasteiger partial charge in [0.15, 0.2) is 0 Å². The lowest BCUT2D eigenvalue weighted by molar-refractivity contribution is 0.563. The minimum absolute atomic E-state index is 0.201. The molecule has 0 saturated carbocycles. The van der Waals surface area contributed by atoms with Crippen LogP contribution in [0.1, 0.15) is 107 Å². The molecule has 0 aromatic heterocycles. The van der Waals surface area contributed by atoms with Crippen LogP contribution in [0.3, 0.4) is 0 Å². The summed E-state index contributed by atoms with van der Waals surface area (Å²) in [6, 6.07) is 9.78. The first-order valence-electron chi connectivity index (χ1n) is 11.6. The lowest BCUT2D eigenvalue weighted by Gasteiger charge is -2.49. The van der Waals surface area contributed by atoms with Crippen molar-refractivity contribution in [1.82, 2.24) is 0 Å². The molecule has 2 aliphatic rings. The van der Waals surface area contributed by atoms with Crippen molar-refractivity contribution in [2.24, 2.45) is 0 Å². The van der Waals surface area contributed by atoms with Crippen molar-refractivity contribution in [3.05, 3.63) is 24.3 Å². The molecule has 2 saturated heterocycles. The molecule has 0 amide bonds. The first kappa shape index (κ1) is 22.8. The summed E-state index contributed by atoms with van der Waals surface area (Å²) in [6.45, 7) is 20.7. The minimum atomic E-state index is -0.201. The van der Waals surface area contributed by atoms with E-state index < -0.39 is 0 Å². The fourth-order valence-corrected chi connectivity index (χ4v) is 15.6. The first-order chi connectivity index (χ1) is 12.9. The van der Waals surface area contributed by atoms with Gasteiger partial charge in [0.1, 0.15) is 0 Å². The summed E-state index contributed by atoms with van der Waals surface area (Å²) in [5.74, 6) is 0. The van der Waals surface area contributed by atoms with Gasteiger partial charge < -0.3 is 0 Å². The molecule has 3 rings (SSSR count). The third-order valence-corrected chi connectivity index (χ3v) is 15.1. The van der Waals surface area contributed by atoms with Gasteiger partial charge in [0.2, 0.25) is 0 Å². The van der Waals surface area contributed by atoms with E-state index in [1.54, 1.807) is 10.6 Å². The summed E-state index contributed by atoms with van der Waals surface area (Å²) in [4.78, 5) is 0. The van der Waals surface area contributed by atoms with E-state index in [2.05, 4.69) is 79.7 Å². The van der Waals surface area contributed by atoms with Crippen LogP contribution in [0.15, 0.2) is 24.3 Å². The zero-order valence-corrected chi connectivity index (χ0v) is 21.6. The van der Waals surface area contributed by atoms with Gasteiger partial charge in [0, 0.05) is 0 Å². The molecule has 2 heteroatoms. The van der Waals surface area contributed by atoms with Crippen LogP contribution in [0.2, 0.25) is 0 Å². The van der Waals surface area contributed by atoms with Gasteiger partial charge in [-0.05, 0) is 56.9 Å². The molecule has 2 fully saturated rings. The third kappa shape index (κ3) is 4.40. The molecule has 0 aliphatic carbocycles. The first-order valence-corrected chi connectivity index (χ1v) is 14.3. The van der Waals surface area contributed by atoms with Crippen LogP contribution >= 0.6 is 15.8 Å². The van der Waals surface area contributed by atoms with Crippen molar-refractivity contribution in [2.45, 2.75) is 127 Å². The van der Waals surface area contributed by atoms with E-state index in [1.165, 1.54) is 51.4 Å². The van der Waals surface area contributed by atoms with E-state index in [9.17, 15) is 0 Å². The number of hydrogen-bond donors (Lipinski definition) is 0. The van der Waals surface area contributed by atoms with Crippen molar-refractivity contribution >= 4 is 26.5 Å². The maximum atomic E-state index is 2.58. The van der Waals surface area contributed by atoms with Crippen molar-refractivity contribution in [1.29, 1.82) is 0 Å². The predicted molar refractivity (Wildman–Crippen MR) is 133 cm³/mol. The normalized spacial score (nSPS) is 27.7. The summed E-state index contributed by atoms with van der Waals surface area (Å²) in [5, 5.41) is 5.26. The smallest absolute Gasteiger partial charge is 0.0106 e. The summed E-state index contributed by atoms with van der Waals surface area (Å²) in [7, 11) is -0.402. The second-order valence-electron chi connectivity index (χ2n) is 11.8. The van der Waals surface area contributed by atoms with Crippen LogP contribution in [0.5, 0.6) is 0 Å². The highest BCUT2D eigenvalue weighted by Crippen LogP contribution is 2.67. The van der Waals surface area contributed by atoms with Crippen LogP contribution in [-0.4, -0.2) is 20.6 Å². The second kappa shape index (κ2) is 7.97. The molecule has 0 nitrogen and oxygen atoms in total. The van der Waals surface area contributed by atoms with Crippen LogP contribution in [0.25, 0.3) is 0 Å². The van der Waals surface area contributed by atoms with E-state index in [4.69, 9.17) is 0 Å². The highest BCUT2D eigenvalue weighted by atomic mass is 31.1. The molecule has 0 atom stereocenters. The molecule has 0 spiro atoms. The van der Waals surface area contributed by atoms with Gasteiger partial charge in [-0.15, -0.1) is 0 Å². The Bertz CT molecular complexity index is 588. The number of hydrogen-bond acceptors (Lipinski definition) is 0. The van der Waals surface area contributed by atoms with Crippen molar-refractivity contribution in [3.63, 3.8) is 0 Å². The maximum Gasteiger partial charge on any atom is -0.0106 e. The lowest BCUT2D eigenvalue weighted by Crippen LogP contribution is -2.43. The van der Waals surface area contributed by atoms with Crippen molar-refractivity contribution in [2.75, 3.05) is 0 Å². The van der Waals surface area contributed by atoms with Crippen LogP contribution < -0.4 is 10.6 Å².